The van der Waals surface area contributed by atoms with E-state index in [1.807, 2.05) is 20.8 Å². The fourth-order valence-corrected chi connectivity index (χ4v) is 2.97. The molecule has 1 N–H and O–H groups in total. The first kappa shape index (κ1) is 17.0. The Morgan fingerprint density at radius 1 is 1.23 bits per heavy atom. The van der Waals surface area contributed by atoms with Gasteiger partial charge in [0.25, 0.3) is 5.91 Å². The molecule has 2 heterocycles. The van der Waals surface area contributed by atoms with Crippen LogP contribution in [0.3, 0.4) is 0 Å². The number of carbonyl (C=O) groups excluding carboxylic acids is 1. The van der Waals surface area contributed by atoms with Gasteiger partial charge in [-0.25, -0.2) is 0 Å². The zero-order valence-electron chi connectivity index (χ0n) is 14.7. The standard InChI is InChI=1S/C17H29N3O2/c1-12-13(14(19-22-12)16(2,3)4)15(21)18-11-17(5,6)20-9-7-8-10-20/h7-11H2,1-6H3,(H,18,21). The van der Waals surface area contributed by atoms with Gasteiger partial charge in [-0.1, -0.05) is 25.9 Å². The first-order chi connectivity index (χ1) is 10.1. The molecule has 0 radical (unpaired) electrons. The highest BCUT2D eigenvalue weighted by molar-refractivity contribution is 5.96. The van der Waals surface area contributed by atoms with Crippen LogP contribution in [0.25, 0.3) is 0 Å². The van der Waals surface area contributed by atoms with Crippen molar-refractivity contribution in [3.63, 3.8) is 0 Å². The van der Waals surface area contributed by atoms with Crippen molar-refractivity contribution in [3.05, 3.63) is 17.0 Å². The second-order valence-electron chi connectivity index (χ2n) is 7.90. The summed E-state index contributed by atoms with van der Waals surface area (Å²) in [6.45, 7) is 15.1. The number of hydrogen-bond acceptors (Lipinski definition) is 4. The first-order valence-electron chi connectivity index (χ1n) is 8.13. The summed E-state index contributed by atoms with van der Waals surface area (Å²) in [6, 6.07) is 0. The molecule has 2 rings (SSSR count). The lowest BCUT2D eigenvalue weighted by Gasteiger charge is -2.35. The van der Waals surface area contributed by atoms with Crippen molar-refractivity contribution in [1.82, 2.24) is 15.4 Å². The molecule has 1 aromatic rings. The summed E-state index contributed by atoms with van der Waals surface area (Å²) in [7, 11) is 0. The minimum absolute atomic E-state index is 0.0286. The Hall–Kier alpha value is -1.36. The Labute approximate surface area is 133 Å². The van der Waals surface area contributed by atoms with Crippen LogP contribution in [0.15, 0.2) is 4.52 Å². The second kappa shape index (κ2) is 6.03. The largest absolute Gasteiger partial charge is 0.361 e. The SMILES string of the molecule is Cc1onc(C(C)(C)C)c1C(=O)NCC(C)(C)N1CCCC1. The maximum Gasteiger partial charge on any atom is 0.256 e. The molecule has 0 spiro atoms. The molecule has 0 atom stereocenters. The Morgan fingerprint density at radius 3 is 2.36 bits per heavy atom. The Morgan fingerprint density at radius 2 is 1.82 bits per heavy atom. The molecule has 1 amide bonds. The van der Waals surface area contributed by atoms with Crippen molar-refractivity contribution in [2.75, 3.05) is 19.6 Å². The highest BCUT2D eigenvalue weighted by Crippen LogP contribution is 2.27. The van der Waals surface area contributed by atoms with Crippen molar-refractivity contribution in [2.24, 2.45) is 0 Å². The van der Waals surface area contributed by atoms with Crippen LogP contribution in [-0.4, -0.2) is 41.1 Å². The van der Waals surface area contributed by atoms with Crippen molar-refractivity contribution in [1.29, 1.82) is 0 Å². The Balaban J connectivity index is 2.08. The molecule has 22 heavy (non-hydrogen) atoms. The monoisotopic (exact) mass is 307 g/mol. The summed E-state index contributed by atoms with van der Waals surface area (Å²) in [5.74, 6) is 0.498. The van der Waals surface area contributed by atoms with Gasteiger partial charge in [-0.2, -0.15) is 0 Å². The van der Waals surface area contributed by atoms with E-state index in [1.165, 1.54) is 12.8 Å². The molecule has 0 bridgehead atoms. The zero-order valence-corrected chi connectivity index (χ0v) is 14.7. The molecule has 0 aliphatic carbocycles. The van der Waals surface area contributed by atoms with Crippen molar-refractivity contribution in [3.8, 4) is 0 Å². The minimum Gasteiger partial charge on any atom is -0.361 e. The van der Waals surface area contributed by atoms with Gasteiger partial charge in [-0.15, -0.1) is 0 Å². The lowest BCUT2D eigenvalue weighted by molar-refractivity contribution is 0.0898. The maximum absolute atomic E-state index is 12.6. The third kappa shape index (κ3) is 3.51. The van der Waals surface area contributed by atoms with Crippen LogP contribution >= 0.6 is 0 Å². The second-order valence-corrected chi connectivity index (χ2v) is 7.90. The van der Waals surface area contributed by atoms with Gasteiger partial charge in [0.1, 0.15) is 17.0 Å². The Bertz CT molecular complexity index is 535. The average Bonchev–Trinajstić information content (AvgIpc) is 3.04. The van der Waals surface area contributed by atoms with Gasteiger partial charge in [0.2, 0.25) is 0 Å². The van der Waals surface area contributed by atoms with Crippen molar-refractivity contribution < 1.29 is 9.32 Å². The van der Waals surface area contributed by atoms with E-state index >= 15 is 0 Å². The van der Waals surface area contributed by atoms with E-state index in [0.29, 0.717) is 17.9 Å². The highest BCUT2D eigenvalue weighted by atomic mass is 16.5. The molecule has 1 aliphatic heterocycles. The summed E-state index contributed by atoms with van der Waals surface area (Å²) in [5.41, 5.74) is 1.07. The summed E-state index contributed by atoms with van der Waals surface area (Å²) >= 11 is 0. The van der Waals surface area contributed by atoms with E-state index in [2.05, 4.69) is 29.2 Å². The number of amides is 1. The molecule has 124 valence electrons. The Kier molecular flexibility index (Phi) is 4.66. The predicted octanol–water partition coefficient (Wildman–Crippen LogP) is 2.88. The maximum atomic E-state index is 12.6. The quantitative estimate of drug-likeness (QED) is 0.929. The van der Waals surface area contributed by atoms with E-state index in [1.54, 1.807) is 6.92 Å². The number of rotatable bonds is 4. The number of nitrogens with zero attached hydrogens (tertiary/aromatic N) is 2. The molecule has 0 saturated carbocycles. The van der Waals surface area contributed by atoms with Gasteiger partial charge >= 0.3 is 0 Å². The van der Waals surface area contributed by atoms with Gasteiger partial charge in [-0.3, -0.25) is 9.69 Å². The lowest BCUT2D eigenvalue weighted by Crippen LogP contribution is -2.50. The fraction of sp³-hybridized carbons (Fsp3) is 0.765. The van der Waals surface area contributed by atoms with E-state index in [0.717, 1.165) is 18.8 Å². The number of aryl methyl sites for hydroxylation is 1. The molecule has 5 heteroatoms. The zero-order chi connectivity index (χ0) is 16.5. The molecule has 1 fully saturated rings. The topological polar surface area (TPSA) is 58.4 Å². The molecule has 0 unspecified atom stereocenters. The molecule has 0 aromatic carbocycles. The van der Waals surface area contributed by atoms with Crippen LogP contribution in [0.5, 0.6) is 0 Å². The van der Waals surface area contributed by atoms with Crippen LogP contribution in [-0.2, 0) is 5.41 Å². The molecule has 1 aliphatic rings. The van der Waals surface area contributed by atoms with Crippen LogP contribution in [0.4, 0.5) is 0 Å². The third-order valence-corrected chi connectivity index (χ3v) is 4.44. The first-order valence-corrected chi connectivity index (χ1v) is 8.13. The minimum atomic E-state index is -0.213. The average molecular weight is 307 g/mol. The number of aromatic nitrogens is 1. The molecular weight excluding hydrogens is 278 g/mol. The van der Waals surface area contributed by atoms with Crippen LogP contribution in [0.1, 0.15) is 69.3 Å². The van der Waals surface area contributed by atoms with Crippen molar-refractivity contribution >= 4 is 5.91 Å². The normalized spacial score (nSPS) is 17.0. The molecule has 1 aromatic heterocycles. The third-order valence-electron chi connectivity index (χ3n) is 4.44. The van der Waals surface area contributed by atoms with E-state index in [9.17, 15) is 4.79 Å². The van der Waals surface area contributed by atoms with Crippen molar-refractivity contribution in [2.45, 2.75) is 65.3 Å². The van der Waals surface area contributed by atoms with Gasteiger partial charge in [0.05, 0.1) is 0 Å². The summed E-state index contributed by atoms with van der Waals surface area (Å²) < 4.78 is 5.25. The van der Waals surface area contributed by atoms with E-state index in [4.69, 9.17) is 4.52 Å². The van der Waals surface area contributed by atoms with Gasteiger partial charge in [-0.05, 0) is 46.7 Å². The summed E-state index contributed by atoms with van der Waals surface area (Å²) in [5, 5.41) is 7.16. The highest BCUT2D eigenvalue weighted by Gasteiger charge is 2.32. The number of hydrogen-bond donors (Lipinski definition) is 1. The van der Waals surface area contributed by atoms with E-state index < -0.39 is 0 Å². The van der Waals surface area contributed by atoms with Gasteiger partial charge in [0.15, 0.2) is 0 Å². The lowest BCUT2D eigenvalue weighted by atomic mass is 9.88. The predicted molar refractivity (Wildman–Crippen MR) is 87.2 cm³/mol. The molecule has 1 saturated heterocycles. The van der Waals surface area contributed by atoms with Crippen LogP contribution in [0, 0.1) is 6.92 Å². The van der Waals surface area contributed by atoms with Crippen LogP contribution in [0.2, 0.25) is 0 Å². The number of likely N-dealkylation sites (tertiary alicyclic amines) is 1. The number of carbonyl (C=O) groups is 1. The molecular formula is C17H29N3O2. The van der Waals surface area contributed by atoms with E-state index in [-0.39, 0.29) is 16.9 Å². The van der Waals surface area contributed by atoms with Crippen LogP contribution < -0.4 is 5.32 Å². The van der Waals surface area contributed by atoms with Gasteiger partial charge < -0.3 is 9.84 Å². The smallest absolute Gasteiger partial charge is 0.256 e. The fourth-order valence-electron chi connectivity index (χ4n) is 2.97. The molecule has 5 nitrogen and oxygen atoms in total. The van der Waals surface area contributed by atoms with Gasteiger partial charge in [0, 0.05) is 17.5 Å². The number of nitrogens with one attached hydrogen (secondary N) is 1. The summed E-state index contributed by atoms with van der Waals surface area (Å²) in [4.78, 5) is 15.1. The summed E-state index contributed by atoms with van der Waals surface area (Å²) in [6.07, 6.45) is 2.49.